The van der Waals surface area contributed by atoms with Gasteiger partial charge < -0.3 is 9.72 Å². The van der Waals surface area contributed by atoms with Crippen LogP contribution >= 0.6 is 12.2 Å². The molecule has 1 fully saturated rings. The van der Waals surface area contributed by atoms with Gasteiger partial charge in [-0.15, -0.1) is 0 Å². The number of nitrogens with one attached hydrogen (secondary N) is 1. The van der Waals surface area contributed by atoms with E-state index in [1.165, 1.54) is 31.4 Å². The van der Waals surface area contributed by atoms with E-state index in [1.54, 1.807) is 7.11 Å². The lowest BCUT2D eigenvalue weighted by atomic mass is 10.0. The van der Waals surface area contributed by atoms with Crippen LogP contribution in [0.4, 0.5) is 0 Å². The third-order valence-electron chi connectivity index (χ3n) is 3.99. The number of nitrogens with zero attached hydrogens (tertiary/aromatic N) is 2. The highest BCUT2D eigenvalue weighted by molar-refractivity contribution is 7.71. The molecule has 0 atom stereocenters. The van der Waals surface area contributed by atoms with Gasteiger partial charge in [0.2, 0.25) is 5.88 Å². The number of ether oxygens (including phenoxy) is 1. The third kappa shape index (κ3) is 3.47. The maximum Gasteiger partial charge on any atom is 0.212 e. The Bertz CT molecular complexity index is 660. The molecule has 21 heavy (non-hydrogen) atoms. The zero-order valence-corrected chi connectivity index (χ0v) is 12.9. The number of aromatic amines is 1. The normalized spacial score (nSPS) is 15.3. The molecule has 2 heterocycles. The van der Waals surface area contributed by atoms with Crippen molar-refractivity contribution in [3.8, 4) is 5.88 Å². The summed E-state index contributed by atoms with van der Waals surface area (Å²) in [5.41, 5.74) is 2.33. The largest absolute Gasteiger partial charge is 0.481 e. The van der Waals surface area contributed by atoms with Crippen LogP contribution in [0.3, 0.4) is 0 Å². The number of methoxy groups -OCH3 is 1. The first-order valence-electron chi connectivity index (χ1n) is 7.33. The molecule has 0 aromatic carbocycles. The molecular formula is C16H19N3OS. The molecule has 0 unspecified atom stereocenters. The van der Waals surface area contributed by atoms with Crippen molar-refractivity contribution in [1.82, 2.24) is 15.0 Å². The van der Waals surface area contributed by atoms with Gasteiger partial charge in [-0.05, 0) is 30.4 Å². The van der Waals surface area contributed by atoms with Gasteiger partial charge in [-0.25, -0.2) is 9.97 Å². The maximum atomic E-state index is 5.31. The lowest BCUT2D eigenvalue weighted by molar-refractivity contribution is 0.397. The van der Waals surface area contributed by atoms with Gasteiger partial charge in [-0.2, -0.15) is 0 Å². The average molecular weight is 301 g/mol. The topological polar surface area (TPSA) is 50.8 Å². The molecule has 0 aliphatic heterocycles. The molecule has 1 aliphatic rings. The van der Waals surface area contributed by atoms with E-state index in [0.29, 0.717) is 22.9 Å². The predicted molar refractivity (Wildman–Crippen MR) is 84.2 cm³/mol. The molecule has 2 aromatic rings. The van der Waals surface area contributed by atoms with E-state index >= 15 is 0 Å². The van der Waals surface area contributed by atoms with Crippen molar-refractivity contribution in [1.29, 1.82) is 0 Å². The summed E-state index contributed by atoms with van der Waals surface area (Å²) in [6.07, 6.45) is 7.65. The SMILES string of the molecule is COc1ccc(Cc2nc(=S)cc(C3CCCC3)[nH]2)cn1. The lowest BCUT2D eigenvalue weighted by Crippen LogP contribution is -2.04. The summed E-state index contributed by atoms with van der Waals surface area (Å²) in [5.74, 6) is 2.15. The molecule has 2 aromatic heterocycles. The van der Waals surface area contributed by atoms with E-state index in [4.69, 9.17) is 17.0 Å². The van der Waals surface area contributed by atoms with Gasteiger partial charge in [0, 0.05) is 24.4 Å². The van der Waals surface area contributed by atoms with Crippen LogP contribution in [0, 0.1) is 4.64 Å². The summed E-state index contributed by atoms with van der Waals surface area (Å²) >= 11 is 5.31. The van der Waals surface area contributed by atoms with Gasteiger partial charge in [0.05, 0.1) is 7.11 Å². The molecule has 0 bridgehead atoms. The fourth-order valence-corrected chi connectivity index (χ4v) is 3.14. The highest BCUT2D eigenvalue weighted by Crippen LogP contribution is 2.32. The van der Waals surface area contributed by atoms with E-state index in [-0.39, 0.29) is 0 Å². The van der Waals surface area contributed by atoms with Crippen LogP contribution in [0.15, 0.2) is 24.4 Å². The average Bonchev–Trinajstić information content (AvgIpc) is 3.02. The zero-order valence-electron chi connectivity index (χ0n) is 12.1. The Morgan fingerprint density at radius 2 is 2.14 bits per heavy atom. The van der Waals surface area contributed by atoms with Crippen LogP contribution in [0.1, 0.15) is 48.7 Å². The van der Waals surface area contributed by atoms with Gasteiger partial charge in [-0.3, -0.25) is 0 Å². The van der Waals surface area contributed by atoms with Gasteiger partial charge in [0.1, 0.15) is 10.5 Å². The molecule has 1 N–H and O–H groups in total. The van der Waals surface area contributed by atoms with Crippen molar-refractivity contribution in [2.24, 2.45) is 0 Å². The van der Waals surface area contributed by atoms with Crippen molar-refractivity contribution >= 4 is 12.2 Å². The third-order valence-corrected chi connectivity index (χ3v) is 4.20. The van der Waals surface area contributed by atoms with Crippen molar-refractivity contribution < 1.29 is 4.74 Å². The zero-order chi connectivity index (χ0) is 14.7. The van der Waals surface area contributed by atoms with Crippen molar-refractivity contribution in [3.63, 3.8) is 0 Å². The first-order chi connectivity index (χ1) is 10.2. The van der Waals surface area contributed by atoms with Crippen LogP contribution in [0.25, 0.3) is 0 Å². The second-order valence-corrected chi connectivity index (χ2v) is 5.91. The van der Waals surface area contributed by atoms with Crippen molar-refractivity contribution in [3.05, 3.63) is 46.1 Å². The first kappa shape index (κ1) is 14.2. The minimum atomic E-state index is 0.613. The molecular weight excluding hydrogens is 282 g/mol. The summed E-state index contributed by atoms with van der Waals surface area (Å²) < 4.78 is 5.75. The molecule has 1 aliphatic carbocycles. The Morgan fingerprint density at radius 1 is 1.33 bits per heavy atom. The molecule has 4 nitrogen and oxygen atoms in total. The van der Waals surface area contributed by atoms with Gasteiger partial charge in [0.25, 0.3) is 0 Å². The highest BCUT2D eigenvalue weighted by Gasteiger charge is 2.18. The number of hydrogen-bond donors (Lipinski definition) is 1. The monoisotopic (exact) mass is 301 g/mol. The molecule has 5 heteroatoms. The van der Waals surface area contributed by atoms with Gasteiger partial charge in [0.15, 0.2) is 0 Å². The Kier molecular flexibility index (Phi) is 4.29. The molecule has 0 amide bonds. The fourth-order valence-electron chi connectivity index (χ4n) is 2.90. The van der Waals surface area contributed by atoms with Crippen LogP contribution < -0.4 is 4.74 Å². The molecule has 1 saturated carbocycles. The Hall–Kier alpha value is -1.75. The quantitative estimate of drug-likeness (QED) is 0.873. The van der Waals surface area contributed by atoms with Crippen LogP contribution in [0.5, 0.6) is 5.88 Å². The smallest absolute Gasteiger partial charge is 0.212 e. The summed E-state index contributed by atoms with van der Waals surface area (Å²) in [5, 5.41) is 0. The summed E-state index contributed by atoms with van der Waals surface area (Å²) in [6.45, 7) is 0. The fraction of sp³-hybridized carbons (Fsp3) is 0.438. The summed E-state index contributed by atoms with van der Waals surface area (Å²) in [7, 11) is 1.62. The molecule has 3 rings (SSSR count). The lowest BCUT2D eigenvalue weighted by Gasteiger charge is -2.11. The summed E-state index contributed by atoms with van der Waals surface area (Å²) in [4.78, 5) is 12.1. The van der Waals surface area contributed by atoms with Crippen LogP contribution in [0.2, 0.25) is 0 Å². The van der Waals surface area contributed by atoms with E-state index in [1.807, 2.05) is 24.4 Å². The minimum absolute atomic E-state index is 0.613. The van der Waals surface area contributed by atoms with Gasteiger partial charge >= 0.3 is 0 Å². The Balaban J connectivity index is 1.82. The highest BCUT2D eigenvalue weighted by atomic mass is 32.1. The standard InChI is InChI=1S/C16H19N3OS/c1-20-15-7-6-11(10-17-15)8-14-18-13(9-16(21)19-14)12-4-2-3-5-12/h6-7,9-10,12H,2-5,8H2,1H3,(H,18,19,21). The van der Waals surface area contributed by atoms with E-state index < -0.39 is 0 Å². The number of H-pyrrole nitrogens is 1. The van der Waals surface area contributed by atoms with Crippen LogP contribution in [-0.4, -0.2) is 22.1 Å². The van der Waals surface area contributed by atoms with E-state index in [9.17, 15) is 0 Å². The predicted octanol–water partition coefficient (Wildman–Crippen LogP) is 3.79. The van der Waals surface area contributed by atoms with Crippen molar-refractivity contribution in [2.75, 3.05) is 7.11 Å². The van der Waals surface area contributed by atoms with E-state index in [0.717, 1.165) is 11.4 Å². The summed E-state index contributed by atoms with van der Waals surface area (Å²) in [6, 6.07) is 5.89. The van der Waals surface area contributed by atoms with E-state index in [2.05, 4.69) is 15.0 Å². The van der Waals surface area contributed by atoms with Gasteiger partial charge in [-0.1, -0.05) is 31.1 Å². The Labute approximate surface area is 129 Å². The molecule has 0 saturated heterocycles. The minimum Gasteiger partial charge on any atom is -0.481 e. The van der Waals surface area contributed by atoms with Crippen LogP contribution in [-0.2, 0) is 6.42 Å². The van der Waals surface area contributed by atoms with Crippen molar-refractivity contribution in [2.45, 2.75) is 38.0 Å². The molecule has 0 spiro atoms. The Morgan fingerprint density at radius 3 is 2.81 bits per heavy atom. The maximum absolute atomic E-state index is 5.31. The first-order valence-corrected chi connectivity index (χ1v) is 7.74. The molecule has 110 valence electrons. The second-order valence-electron chi connectivity index (χ2n) is 5.49. The second kappa shape index (κ2) is 6.35. The number of rotatable bonds is 4. The number of hydrogen-bond acceptors (Lipinski definition) is 4. The number of pyridine rings is 1. The molecule has 0 radical (unpaired) electrons. The number of aromatic nitrogens is 3.